The van der Waals surface area contributed by atoms with Gasteiger partial charge in [-0.15, -0.1) is 5.10 Å². The molecule has 0 bridgehead atoms. The molecular weight excluding hydrogens is 276 g/mol. The van der Waals surface area contributed by atoms with Crippen molar-refractivity contribution in [2.75, 3.05) is 26.3 Å². The molecule has 2 aliphatic rings. The number of aromatic nitrogens is 3. The largest absolute Gasteiger partial charge is 0.379 e. The Kier molecular flexibility index (Phi) is 3.84. The minimum Gasteiger partial charge on any atom is -0.379 e. The number of ether oxygens (including phenoxy) is 1. The highest BCUT2D eigenvalue weighted by atomic mass is 16.5. The summed E-state index contributed by atoms with van der Waals surface area (Å²) in [7, 11) is 0. The maximum Gasteiger partial charge on any atom is 0.117 e. The van der Waals surface area contributed by atoms with Crippen molar-refractivity contribution in [2.24, 2.45) is 0 Å². The van der Waals surface area contributed by atoms with Crippen molar-refractivity contribution in [1.29, 1.82) is 0 Å². The predicted molar refractivity (Wildman–Crippen MR) is 85.6 cm³/mol. The van der Waals surface area contributed by atoms with E-state index in [1.54, 1.807) is 0 Å². The average molecular weight is 300 g/mol. The van der Waals surface area contributed by atoms with Gasteiger partial charge in [0.1, 0.15) is 11.2 Å². The second-order valence-corrected chi connectivity index (χ2v) is 6.49. The standard InChI is InChI=1S/C17H24N4O/c1-2-6-10-17(9-5-1,20-11-13-22-14-12-20)21-16-8-4-3-7-15(16)18-19-21/h3-4,7-8H,1-2,5-6,9-14H2. The van der Waals surface area contributed by atoms with Gasteiger partial charge in [0.2, 0.25) is 0 Å². The lowest BCUT2D eigenvalue weighted by Gasteiger charge is -2.45. The van der Waals surface area contributed by atoms with Crippen LogP contribution in [0.5, 0.6) is 0 Å². The zero-order chi connectivity index (χ0) is 14.8. The predicted octanol–water partition coefficient (Wildman–Crippen LogP) is 2.77. The molecule has 4 rings (SSSR count). The molecule has 0 atom stereocenters. The Bertz CT molecular complexity index is 624. The maximum absolute atomic E-state index is 5.58. The fraction of sp³-hybridized carbons (Fsp3) is 0.647. The van der Waals surface area contributed by atoms with Gasteiger partial charge in [-0.05, 0) is 37.8 Å². The number of nitrogens with zero attached hydrogens (tertiary/aromatic N) is 4. The molecule has 2 aromatic rings. The molecule has 118 valence electrons. The summed E-state index contributed by atoms with van der Waals surface area (Å²) in [4.78, 5) is 2.60. The molecule has 2 fully saturated rings. The molecule has 5 heteroatoms. The fourth-order valence-electron chi connectivity index (χ4n) is 4.11. The molecule has 1 aromatic carbocycles. The Morgan fingerprint density at radius 1 is 0.955 bits per heavy atom. The van der Waals surface area contributed by atoms with Crippen LogP contribution in [-0.4, -0.2) is 46.2 Å². The summed E-state index contributed by atoms with van der Waals surface area (Å²) in [6.07, 6.45) is 7.54. The Labute approximate surface area is 131 Å². The van der Waals surface area contributed by atoms with Gasteiger partial charge in [-0.25, -0.2) is 4.68 Å². The minimum atomic E-state index is -0.0175. The molecule has 1 aromatic heterocycles. The van der Waals surface area contributed by atoms with Gasteiger partial charge in [-0.2, -0.15) is 0 Å². The van der Waals surface area contributed by atoms with E-state index in [1.165, 1.54) is 38.5 Å². The average Bonchev–Trinajstić information content (AvgIpc) is 2.86. The third kappa shape index (κ3) is 2.32. The van der Waals surface area contributed by atoms with Crippen molar-refractivity contribution in [3.63, 3.8) is 0 Å². The van der Waals surface area contributed by atoms with Gasteiger partial charge in [-0.3, -0.25) is 4.90 Å². The first kappa shape index (κ1) is 14.2. The highest BCUT2D eigenvalue weighted by Crippen LogP contribution is 2.38. The summed E-state index contributed by atoms with van der Waals surface area (Å²) < 4.78 is 7.81. The third-order valence-corrected chi connectivity index (χ3v) is 5.25. The van der Waals surface area contributed by atoms with Crippen molar-refractivity contribution in [3.05, 3.63) is 24.3 Å². The van der Waals surface area contributed by atoms with Crippen molar-refractivity contribution in [3.8, 4) is 0 Å². The molecule has 5 nitrogen and oxygen atoms in total. The summed E-state index contributed by atoms with van der Waals surface area (Å²) in [5.41, 5.74) is 2.14. The topological polar surface area (TPSA) is 43.2 Å². The molecule has 0 unspecified atom stereocenters. The Morgan fingerprint density at radius 3 is 2.45 bits per heavy atom. The van der Waals surface area contributed by atoms with E-state index >= 15 is 0 Å². The van der Waals surface area contributed by atoms with Crippen LogP contribution in [-0.2, 0) is 10.4 Å². The van der Waals surface area contributed by atoms with E-state index in [0.717, 1.165) is 37.3 Å². The molecule has 0 spiro atoms. The second-order valence-electron chi connectivity index (χ2n) is 6.49. The highest BCUT2D eigenvalue weighted by Gasteiger charge is 2.41. The first-order valence-corrected chi connectivity index (χ1v) is 8.54. The number of rotatable bonds is 2. The van der Waals surface area contributed by atoms with Crippen LogP contribution in [0.25, 0.3) is 11.0 Å². The number of para-hydroxylation sites is 1. The van der Waals surface area contributed by atoms with E-state index in [1.807, 2.05) is 6.07 Å². The lowest BCUT2D eigenvalue weighted by atomic mass is 9.97. The van der Waals surface area contributed by atoms with Gasteiger partial charge in [0.15, 0.2) is 0 Å². The first-order chi connectivity index (χ1) is 10.9. The molecule has 1 aliphatic heterocycles. The Morgan fingerprint density at radius 2 is 1.68 bits per heavy atom. The summed E-state index contributed by atoms with van der Waals surface area (Å²) in [5.74, 6) is 0. The Balaban J connectivity index is 1.81. The van der Waals surface area contributed by atoms with Crippen molar-refractivity contribution in [1.82, 2.24) is 19.9 Å². The van der Waals surface area contributed by atoms with Gasteiger partial charge in [0, 0.05) is 13.1 Å². The molecule has 2 heterocycles. The molecule has 0 amide bonds. The molecular formula is C17H24N4O. The third-order valence-electron chi connectivity index (χ3n) is 5.25. The van der Waals surface area contributed by atoms with E-state index in [-0.39, 0.29) is 5.66 Å². The molecule has 1 saturated heterocycles. The smallest absolute Gasteiger partial charge is 0.117 e. The number of benzene rings is 1. The van der Waals surface area contributed by atoms with Crippen LogP contribution in [0, 0.1) is 0 Å². The quantitative estimate of drug-likeness (QED) is 0.800. The van der Waals surface area contributed by atoms with Crippen LogP contribution < -0.4 is 0 Å². The van der Waals surface area contributed by atoms with E-state index in [9.17, 15) is 0 Å². The monoisotopic (exact) mass is 300 g/mol. The summed E-state index contributed by atoms with van der Waals surface area (Å²) in [6, 6.07) is 8.34. The molecule has 0 radical (unpaired) electrons. The van der Waals surface area contributed by atoms with Gasteiger partial charge < -0.3 is 4.74 Å². The van der Waals surface area contributed by atoms with Crippen LogP contribution in [0.15, 0.2) is 24.3 Å². The number of morpholine rings is 1. The molecule has 1 aliphatic carbocycles. The summed E-state index contributed by atoms with van der Waals surface area (Å²) in [6.45, 7) is 3.64. The first-order valence-electron chi connectivity index (χ1n) is 8.54. The van der Waals surface area contributed by atoms with Gasteiger partial charge in [0.05, 0.1) is 18.7 Å². The fourth-order valence-corrected chi connectivity index (χ4v) is 4.11. The van der Waals surface area contributed by atoms with E-state index in [0.29, 0.717) is 0 Å². The van der Waals surface area contributed by atoms with Crippen LogP contribution in [0.4, 0.5) is 0 Å². The van der Waals surface area contributed by atoms with E-state index < -0.39 is 0 Å². The van der Waals surface area contributed by atoms with Crippen molar-refractivity contribution in [2.45, 2.75) is 44.2 Å². The SMILES string of the molecule is c1ccc2c(c1)nnn2C1(N2CCOCC2)CCCCCC1. The number of fused-ring (bicyclic) bond motifs is 1. The zero-order valence-corrected chi connectivity index (χ0v) is 13.1. The maximum atomic E-state index is 5.58. The highest BCUT2D eigenvalue weighted by molar-refractivity contribution is 5.74. The summed E-state index contributed by atoms with van der Waals surface area (Å²) in [5, 5.41) is 9.01. The zero-order valence-electron chi connectivity index (χ0n) is 13.1. The van der Waals surface area contributed by atoms with Crippen molar-refractivity contribution < 1.29 is 4.74 Å². The Hall–Kier alpha value is -1.46. The minimum absolute atomic E-state index is 0.0175. The van der Waals surface area contributed by atoms with Gasteiger partial charge >= 0.3 is 0 Å². The van der Waals surface area contributed by atoms with Crippen LogP contribution in [0.2, 0.25) is 0 Å². The van der Waals surface area contributed by atoms with Crippen LogP contribution in [0.1, 0.15) is 38.5 Å². The number of hydrogen-bond donors (Lipinski definition) is 0. The van der Waals surface area contributed by atoms with Gasteiger partial charge in [0.25, 0.3) is 0 Å². The normalized spacial score (nSPS) is 23.5. The van der Waals surface area contributed by atoms with Crippen molar-refractivity contribution >= 4 is 11.0 Å². The lowest BCUT2D eigenvalue weighted by Crippen LogP contribution is -2.55. The lowest BCUT2D eigenvalue weighted by molar-refractivity contribution is -0.0716. The van der Waals surface area contributed by atoms with Gasteiger partial charge in [-0.1, -0.05) is 30.2 Å². The van der Waals surface area contributed by atoms with E-state index in [2.05, 4.69) is 38.1 Å². The molecule has 0 N–H and O–H groups in total. The van der Waals surface area contributed by atoms with E-state index in [4.69, 9.17) is 4.74 Å². The summed E-state index contributed by atoms with van der Waals surface area (Å²) >= 11 is 0. The molecule has 22 heavy (non-hydrogen) atoms. The number of hydrogen-bond acceptors (Lipinski definition) is 4. The molecule has 1 saturated carbocycles. The van der Waals surface area contributed by atoms with Crippen LogP contribution >= 0.6 is 0 Å². The second kappa shape index (κ2) is 5.97. The van der Waals surface area contributed by atoms with Crippen LogP contribution in [0.3, 0.4) is 0 Å².